The predicted molar refractivity (Wildman–Crippen MR) is 122 cm³/mol. The molecule has 0 saturated carbocycles. The number of nitrogens with one attached hydrogen (secondary N) is 1. The highest BCUT2D eigenvalue weighted by Gasteiger charge is 2.35. The summed E-state index contributed by atoms with van der Waals surface area (Å²) in [7, 11) is 0. The molecule has 0 amide bonds. The molecule has 1 heterocycles. The molecule has 0 spiro atoms. The molecule has 3 aromatic carbocycles. The molecule has 4 rings (SSSR count). The summed E-state index contributed by atoms with van der Waals surface area (Å²) >= 11 is 0. The Morgan fingerprint density at radius 1 is 0.903 bits per heavy atom. The molecule has 0 aliphatic rings. The van der Waals surface area contributed by atoms with Crippen molar-refractivity contribution in [2.45, 2.75) is 25.2 Å². The zero-order valence-electron chi connectivity index (χ0n) is 17.2. The van der Waals surface area contributed by atoms with Crippen molar-refractivity contribution in [1.29, 1.82) is 10.5 Å². The topological polar surface area (TPSA) is 80.4 Å². The second-order valence-electron chi connectivity index (χ2n) is 7.65. The number of aromatic nitrogens is 1. The number of aryl methyl sites for hydroxylation is 1. The van der Waals surface area contributed by atoms with E-state index in [0.717, 1.165) is 27.6 Å². The Balaban J connectivity index is 1.94. The summed E-state index contributed by atoms with van der Waals surface area (Å²) in [5.41, 5.74) is 3.57. The van der Waals surface area contributed by atoms with Crippen molar-refractivity contribution in [2.75, 3.05) is 0 Å². The quantitative estimate of drug-likeness (QED) is 0.508. The Bertz CT molecular complexity index is 1370. The molecule has 4 aromatic rings. The Morgan fingerprint density at radius 2 is 1.61 bits per heavy atom. The maximum absolute atomic E-state index is 12.4. The average molecular weight is 403 g/mol. The van der Waals surface area contributed by atoms with E-state index >= 15 is 0 Å². The number of pyridine rings is 1. The van der Waals surface area contributed by atoms with Crippen LogP contribution in [0.2, 0.25) is 0 Å². The summed E-state index contributed by atoms with van der Waals surface area (Å²) in [6.07, 6.45) is 1.13. The van der Waals surface area contributed by atoms with Gasteiger partial charge in [0.25, 0.3) is 5.56 Å². The van der Waals surface area contributed by atoms with Crippen molar-refractivity contribution in [3.05, 3.63) is 117 Å². The molecule has 0 fully saturated rings. The molecule has 1 aromatic heterocycles. The van der Waals surface area contributed by atoms with Gasteiger partial charge < -0.3 is 4.98 Å². The second kappa shape index (κ2) is 8.30. The molecular formula is C27H21N3O. The first-order chi connectivity index (χ1) is 15.1. The normalized spacial score (nSPS) is 12.6. The van der Waals surface area contributed by atoms with Crippen LogP contribution in [0.15, 0.2) is 83.7 Å². The maximum Gasteiger partial charge on any atom is 0.251 e. The van der Waals surface area contributed by atoms with Crippen LogP contribution in [0.4, 0.5) is 0 Å². The third-order valence-electron chi connectivity index (χ3n) is 5.81. The van der Waals surface area contributed by atoms with Gasteiger partial charge in [-0.3, -0.25) is 4.79 Å². The van der Waals surface area contributed by atoms with E-state index in [1.807, 2.05) is 73.7 Å². The minimum atomic E-state index is -0.968. The fourth-order valence-corrected chi connectivity index (χ4v) is 4.05. The number of nitriles is 2. The summed E-state index contributed by atoms with van der Waals surface area (Å²) < 4.78 is 0. The number of aromatic amines is 1. The van der Waals surface area contributed by atoms with Gasteiger partial charge in [0.1, 0.15) is 5.41 Å². The molecule has 150 valence electrons. The van der Waals surface area contributed by atoms with Gasteiger partial charge in [0, 0.05) is 11.1 Å². The highest BCUT2D eigenvalue weighted by atomic mass is 16.1. The number of rotatable bonds is 5. The van der Waals surface area contributed by atoms with E-state index < -0.39 is 5.41 Å². The molecule has 31 heavy (non-hydrogen) atoms. The number of H-pyrrole nitrogens is 1. The zero-order chi connectivity index (χ0) is 21.8. The van der Waals surface area contributed by atoms with Gasteiger partial charge >= 0.3 is 0 Å². The summed E-state index contributed by atoms with van der Waals surface area (Å²) in [6, 6.07) is 29.5. The Labute approximate surface area is 181 Å². The zero-order valence-corrected chi connectivity index (χ0v) is 17.2. The SMILES string of the molecule is CCc1cc2ccc(C(C#N)(Cc3ccccc3)c3ccc(C#N)cc3)cc2[nH]c1=O. The first-order valence-electron chi connectivity index (χ1n) is 10.2. The van der Waals surface area contributed by atoms with Crippen LogP contribution in [0, 0.1) is 22.7 Å². The largest absolute Gasteiger partial charge is 0.322 e. The minimum absolute atomic E-state index is 0.101. The van der Waals surface area contributed by atoms with Gasteiger partial charge in [0.15, 0.2) is 0 Å². The third kappa shape index (κ3) is 3.72. The number of fused-ring (bicyclic) bond motifs is 1. The summed E-state index contributed by atoms with van der Waals surface area (Å²) in [6.45, 7) is 1.95. The van der Waals surface area contributed by atoms with Crippen LogP contribution in [0.1, 0.15) is 34.7 Å². The molecule has 0 radical (unpaired) electrons. The van der Waals surface area contributed by atoms with E-state index in [0.29, 0.717) is 23.9 Å². The van der Waals surface area contributed by atoms with E-state index in [-0.39, 0.29) is 5.56 Å². The van der Waals surface area contributed by atoms with E-state index in [1.165, 1.54) is 0 Å². The smallest absolute Gasteiger partial charge is 0.251 e. The lowest BCUT2D eigenvalue weighted by Crippen LogP contribution is -2.29. The summed E-state index contributed by atoms with van der Waals surface area (Å²) in [5.74, 6) is 0. The highest BCUT2D eigenvalue weighted by molar-refractivity contribution is 5.80. The molecule has 1 unspecified atom stereocenters. The lowest BCUT2D eigenvalue weighted by molar-refractivity contribution is 0.653. The fraction of sp³-hybridized carbons (Fsp3) is 0.148. The van der Waals surface area contributed by atoms with Crippen molar-refractivity contribution in [2.24, 2.45) is 0 Å². The van der Waals surface area contributed by atoms with E-state index in [4.69, 9.17) is 0 Å². The number of benzene rings is 3. The molecule has 1 N–H and O–H groups in total. The van der Waals surface area contributed by atoms with Crippen molar-refractivity contribution in [3.63, 3.8) is 0 Å². The second-order valence-corrected chi connectivity index (χ2v) is 7.65. The summed E-state index contributed by atoms with van der Waals surface area (Å²) in [5, 5.41) is 20.6. The minimum Gasteiger partial charge on any atom is -0.322 e. The maximum atomic E-state index is 12.4. The summed E-state index contributed by atoms with van der Waals surface area (Å²) in [4.78, 5) is 15.3. The van der Waals surface area contributed by atoms with Crippen LogP contribution >= 0.6 is 0 Å². The van der Waals surface area contributed by atoms with Gasteiger partial charge in [-0.15, -0.1) is 0 Å². The standard InChI is InChI=1S/C27H21N3O/c1-2-21-14-22-10-13-24(15-25(22)30-26(21)31)27(18-29,16-19-6-4-3-5-7-19)23-11-8-20(17-28)9-12-23/h3-15H,2,16H2,1H3,(H,30,31). The Hall–Kier alpha value is -4.15. The first-order valence-corrected chi connectivity index (χ1v) is 10.2. The molecule has 4 nitrogen and oxygen atoms in total. The van der Waals surface area contributed by atoms with Crippen LogP contribution in [0.3, 0.4) is 0 Å². The monoisotopic (exact) mass is 403 g/mol. The van der Waals surface area contributed by atoms with Crippen LogP contribution in [0.5, 0.6) is 0 Å². The van der Waals surface area contributed by atoms with Gasteiger partial charge in [-0.25, -0.2) is 0 Å². The number of hydrogen-bond donors (Lipinski definition) is 1. The number of nitrogens with zero attached hydrogens (tertiary/aromatic N) is 2. The molecular weight excluding hydrogens is 382 g/mol. The third-order valence-corrected chi connectivity index (χ3v) is 5.81. The lowest BCUT2D eigenvalue weighted by atomic mass is 9.71. The molecule has 1 atom stereocenters. The van der Waals surface area contributed by atoms with Crippen molar-refractivity contribution >= 4 is 10.9 Å². The molecule has 4 heteroatoms. The average Bonchev–Trinajstić information content (AvgIpc) is 2.82. The first kappa shape index (κ1) is 20.1. The van der Waals surface area contributed by atoms with Crippen molar-refractivity contribution in [1.82, 2.24) is 4.98 Å². The van der Waals surface area contributed by atoms with E-state index in [2.05, 4.69) is 17.1 Å². The Morgan fingerprint density at radius 3 is 2.26 bits per heavy atom. The van der Waals surface area contributed by atoms with E-state index in [1.54, 1.807) is 12.1 Å². The fourth-order valence-electron chi connectivity index (χ4n) is 4.05. The van der Waals surface area contributed by atoms with Crippen LogP contribution in [0.25, 0.3) is 10.9 Å². The number of hydrogen-bond acceptors (Lipinski definition) is 3. The van der Waals surface area contributed by atoms with Gasteiger partial charge in [0.2, 0.25) is 0 Å². The van der Waals surface area contributed by atoms with Crippen LogP contribution in [-0.4, -0.2) is 4.98 Å². The van der Waals surface area contributed by atoms with Gasteiger partial charge in [-0.05, 0) is 59.2 Å². The predicted octanol–water partition coefficient (Wildman–Crippen LogP) is 5.01. The van der Waals surface area contributed by atoms with Crippen molar-refractivity contribution in [3.8, 4) is 12.1 Å². The van der Waals surface area contributed by atoms with Crippen LogP contribution in [-0.2, 0) is 18.3 Å². The van der Waals surface area contributed by atoms with Gasteiger partial charge in [-0.2, -0.15) is 10.5 Å². The molecule has 0 aliphatic heterocycles. The molecule has 0 bridgehead atoms. The lowest BCUT2D eigenvalue weighted by Gasteiger charge is -2.28. The highest BCUT2D eigenvalue weighted by Crippen LogP contribution is 2.37. The van der Waals surface area contributed by atoms with Gasteiger partial charge in [0.05, 0.1) is 17.7 Å². The molecule has 0 aliphatic carbocycles. The van der Waals surface area contributed by atoms with E-state index in [9.17, 15) is 15.3 Å². The Kier molecular flexibility index (Phi) is 5.39. The van der Waals surface area contributed by atoms with Crippen LogP contribution < -0.4 is 5.56 Å². The van der Waals surface area contributed by atoms with Crippen molar-refractivity contribution < 1.29 is 0 Å². The van der Waals surface area contributed by atoms with Gasteiger partial charge in [-0.1, -0.05) is 61.5 Å². The molecule has 0 saturated heterocycles.